The van der Waals surface area contributed by atoms with Crippen molar-refractivity contribution in [2.24, 2.45) is 5.10 Å². The van der Waals surface area contributed by atoms with E-state index in [1.807, 2.05) is 22.6 Å². The van der Waals surface area contributed by atoms with Gasteiger partial charge in [0.25, 0.3) is 0 Å². The van der Waals surface area contributed by atoms with Crippen molar-refractivity contribution in [1.29, 1.82) is 0 Å². The summed E-state index contributed by atoms with van der Waals surface area (Å²) in [5, 5.41) is 6.33. The van der Waals surface area contributed by atoms with Crippen molar-refractivity contribution < 1.29 is 13.9 Å². The van der Waals surface area contributed by atoms with Gasteiger partial charge < -0.3 is 4.74 Å². The number of anilines is 1. The van der Waals surface area contributed by atoms with Crippen LogP contribution < -0.4 is 5.43 Å². The number of aromatic nitrogens is 1. The Morgan fingerprint density at radius 3 is 3.13 bits per heavy atom. The van der Waals surface area contributed by atoms with Crippen LogP contribution in [0, 0.1) is 9.39 Å². The fraction of sp³-hybridized carbons (Fsp3) is 0.214. The van der Waals surface area contributed by atoms with E-state index in [0.717, 1.165) is 0 Å². The number of ether oxygens (including phenoxy) is 1. The van der Waals surface area contributed by atoms with Gasteiger partial charge in [-0.25, -0.2) is 9.37 Å². The standard InChI is InChI=1S/C14H12BrFIN3O2S/c1-2-22-11(21)5-9-7-23-14(19-9)20-18-6-8-3-4-10(17)13(16)12(8)15/h3-4,6-7H,2,5H2,1H3,(H,19,20). The molecule has 0 saturated carbocycles. The second kappa shape index (κ2) is 8.69. The minimum atomic E-state index is -0.319. The molecule has 0 saturated heterocycles. The van der Waals surface area contributed by atoms with E-state index < -0.39 is 0 Å². The molecule has 0 aliphatic rings. The van der Waals surface area contributed by atoms with Crippen molar-refractivity contribution in [3.8, 4) is 0 Å². The van der Waals surface area contributed by atoms with Crippen LogP contribution in [0.2, 0.25) is 0 Å². The number of esters is 1. The van der Waals surface area contributed by atoms with Crippen molar-refractivity contribution in [1.82, 2.24) is 4.98 Å². The highest BCUT2D eigenvalue weighted by atomic mass is 127. The zero-order valence-corrected chi connectivity index (χ0v) is 16.5. The number of carbonyl (C=O) groups excluding carboxylic acids is 1. The maximum absolute atomic E-state index is 13.7. The molecule has 0 radical (unpaired) electrons. The fourth-order valence-corrected chi connectivity index (χ4v) is 3.52. The average Bonchev–Trinajstić information content (AvgIpc) is 2.95. The summed E-state index contributed by atoms with van der Waals surface area (Å²) in [6, 6.07) is 3.43. The van der Waals surface area contributed by atoms with Crippen LogP contribution in [0.25, 0.3) is 0 Å². The molecule has 122 valence electrons. The van der Waals surface area contributed by atoms with Gasteiger partial charge in [-0.1, -0.05) is 6.07 Å². The van der Waals surface area contributed by atoms with Crippen molar-refractivity contribution in [2.45, 2.75) is 13.3 Å². The van der Waals surface area contributed by atoms with E-state index in [2.05, 4.69) is 31.4 Å². The first-order chi connectivity index (χ1) is 11.0. The number of thiazole rings is 1. The summed E-state index contributed by atoms with van der Waals surface area (Å²) in [5.74, 6) is -0.633. The molecule has 0 aliphatic heterocycles. The van der Waals surface area contributed by atoms with Gasteiger partial charge in [0.1, 0.15) is 0 Å². The van der Waals surface area contributed by atoms with E-state index in [-0.39, 0.29) is 18.2 Å². The monoisotopic (exact) mass is 511 g/mol. The van der Waals surface area contributed by atoms with Gasteiger partial charge in [0.05, 0.1) is 29.4 Å². The lowest BCUT2D eigenvalue weighted by atomic mass is 10.2. The summed E-state index contributed by atoms with van der Waals surface area (Å²) in [6.45, 7) is 2.10. The van der Waals surface area contributed by atoms with Gasteiger partial charge in [-0.3, -0.25) is 10.2 Å². The maximum Gasteiger partial charge on any atom is 0.311 e. The highest BCUT2D eigenvalue weighted by Gasteiger charge is 2.09. The second-order valence-corrected chi connectivity index (χ2v) is 7.07. The highest BCUT2D eigenvalue weighted by Crippen LogP contribution is 2.24. The van der Waals surface area contributed by atoms with E-state index in [9.17, 15) is 9.18 Å². The molecular weight excluding hydrogens is 500 g/mol. The first-order valence-electron chi connectivity index (χ1n) is 6.53. The number of carbonyl (C=O) groups is 1. The molecule has 1 aromatic carbocycles. The minimum Gasteiger partial charge on any atom is -0.466 e. The highest BCUT2D eigenvalue weighted by molar-refractivity contribution is 14.1. The quantitative estimate of drug-likeness (QED) is 0.207. The zero-order valence-electron chi connectivity index (χ0n) is 12.0. The van der Waals surface area contributed by atoms with Crippen LogP contribution in [0.15, 0.2) is 27.1 Å². The Labute approximate surface area is 158 Å². The SMILES string of the molecule is CCOC(=O)Cc1csc(NN=Cc2ccc(I)c(F)c2Br)n1. The Morgan fingerprint density at radius 1 is 1.61 bits per heavy atom. The van der Waals surface area contributed by atoms with Gasteiger partial charge >= 0.3 is 5.97 Å². The van der Waals surface area contributed by atoms with Gasteiger partial charge in [-0.15, -0.1) is 11.3 Å². The molecule has 1 heterocycles. The Morgan fingerprint density at radius 2 is 2.39 bits per heavy atom. The number of nitrogens with one attached hydrogen (secondary N) is 1. The first kappa shape index (κ1) is 18.3. The number of nitrogens with zero attached hydrogens (tertiary/aromatic N) is 2. The normalized spacial score (nSPS) is 11.0. The summed E-state index contributed by atoms with van der Waals surface area (Å²) in [7, 11) is 0. The van der Waals surface area contributed by atoms with E-state index in [0.29, 0.717) is 31.0 Å². The number of rotatable bonds is 6. The van der Waals surface area contributed by atoms with Crippen LogP contribution in [-0.2, 0) is 16.0 Å². The number of hydrogen-bond donors (Lipinski definition) is 1. The van der Waals surface area contributed by atoms with Gasteiger partial charge in [-0.2, -0.15) is 5.10 Å². The molecule has 2 aromatic rings. The molecule has 0 amide bonds. The maximum atomic E-state index is 13.7. The number of benzene rings is 1. The number of hydrogen-bond acceptors (Lipinski definition) is 6. The number of hydrazone groups is 1. The third-order valence-corrected chi connectivity index (χ3v) is 5.05. The van der Waals surface area contributed by atoms with Crippen molar-refractivity contribution >= 4 is 67.2 Å². The van der Waals surface area contributed by atoms with Gasteiger partial charge in [0.2, 0.25) is 5.13 Å². The molecular formula is C14H12BrFIN3O2S. The summed E-state index contributed by atoms with van der Waals surface area (Å²) >= 11 is 6.44. The molecule has 9 heteroatoms. The van der Waals surface area contributed by atoms with Crippen LogP contribution in [0.4, 0.5) is 9.52 Å². The zero-order chi connectivity index (χ0) is 16.8. The Balaban J connectivity index is 1.97. The number of halogens is 3. The molecule has 0 bridgehead atoms. The summed E-state index contributed by atoms with van der Waals surface area (Å²) in [4.78, 5) is 15.6. The predicted molar refractivity (Wildman–Crippen MR) is 100 cm³/mol. The molecule has 23 heavy (non-hydrogen) atoms. The smallest absolute Gasteiger partial charge is 0.311 e. The van der Waals surface area contributed by atoms with Crippen LogP contribution in [-0.4, -0.2) is 23.8 Å². The largest absolute Gasteiger partial charge is 0.466 e. The molecule has 1 N–H and O–H groups in total. The summed E-state index contributed by atoms with van der Waals surface area (Å²) in [5.41, 5.74) is 3.99. The lowest BCUT2D eigenvalue weighted by Gasteiger charge is -2.01. The van der Waals surface area contributed by atoms with Gasteiger partial charge in [-0.05, 0) is 51.5 Å². The average molecular weight is 512 g/mol. The minimum absolute atomic E-state index is 0.129. The Hall–Kier alpha value is -1.07. The topological polar surface area (TPSA) is 63.6 Å². The molecule has 0 fully saturated rings. The van der Waals surface area contributed by atoms with Gasteiger partial charge in [0, 0.05) is 14.5 Å². The molecule has 0 atom stereocenters. The van der Waals surface area contributed by atoms with E-state index in [1.54, 1.807) is 24.4 Å². The molecule has 0 aliphatic carbocycles. The third-order valence-electron chi connectivity index (χ3n) is 2.61. The third kappa shape index (κ3) is 5.21. The van der Waals surface area contributed by atoms with Crippen LogP contribution in [0.1, 0.15) is 18.2 Å². The first-order valence-corrected chi connectivity index (χ1v) is 9.29. The van der Waals surface area contributed by atoms with Crippen molar-refractivity contribution in [3.63, 3.8) is 0 Å². The molecule has 0 spiro atoms. The predicted octanol–water partition coefficient (Wildman–Crippen LogP) is 4.20. The molecule has 1 aromatic heterocycles. The Bertz CT molecular complexity index is 739. The van der Waals surface area contributed by atoms with E-state index in [4.69, 9.17) is 4.74 Å². The molecule has 0 unspecified atom stereocenters. The van der Waals surface area contributed by atoms with Crippen LogP contribution in [0.3, 0.4) is 0 Å². The van der Waals surface area contributed by atoms with Crippen LogP contribution >= 0.6 is 49.9 Å². The van der Waals surface area contributed by atoms with Gasteiger partial charge in [0.15, 0.2) is 5.82 Å². The fourth-order valence-electron chi connectivity index (χ4n) is 1.60. The van der Waals surface area contributed by atoms with Crippen LogP contribution in [0.5, 0.6) is 0 Å². The second-order valence-electron chi connectivity index (χ2n) is 4.26. The molecule has 2 rings (SSSR count). The van der Waals surface area contributed by atoms with Crippen molar-refractivity contribution in [3.05, 3.63) is 42.6 Å². The molecule has 5 nitrogen and oxygen atoms in total. The summed E-state index contributed by atoms with van der Waals surface area (Å²) in [6.07, 6.45) is 1.62. The van der Waals surface area contributed by atoms with Crippen molar-refractivity contribution in [2.75, 3.05) is 12.0 Å². The van der Waals surface area contributed by atoms with E-state index >= 15 is 0 Å². The Kier molecular flexibility index (Phi) is 6.90. The lowest BCUT2D eigenvalue weighted by Crippen LogP contribution is -2.07. The summed E-state index contributed by atoms with van der Waals surface area (Å²) < 4.78 is 19.5. The lowest BCUT2D eigenvalue weighted by molar-refractivity contribution is -0.142. The van der Waals surface area contributed by atoms with E-state index in [1.165, 1.54) is 17.6 Å².